The van der Waals surface area contributed by atoms with E-state index in [0.29, 0.717) is 31.0 Å². The monoisotopic (exact) mass is 247 g/mol. The molecule has 1 aromatic rings. The smallest absolute Gasteiger partial charge is 0.252 e. The molecule has 0 amide bonds. The van der Waals surface area contributed by atoms with E-state index in [2.05, 4.69) is 29.0 Å². The molecule has 0 aliphatic rings. The fourth-order valence-electron chi connectivity index (χ4n) is 1.04. The van der Waals surface area contributed by atoms with E-state index in [-0.39, 0.29) is 12.4 Å². The van der Waals surface area contributed by atoms with E-state index in [1.807, 2.05) is 7.05 Å². The van der Waals surface area contributed by atoms with Gasteiger partial charge in [0.2, 0.25) is 0 Å². The van der Waals surface area contributed by atoms with Crippen LogP contribution in [0.5, 0.6) is 0 Å². The molecule has 0 aliphatic heterocycles. The highest BCUT2D eigenvalue weighted by Crippen LogP contribution is 2.02. The summed E-state index contributed by atoms with van der Waals surface area (Å²) in [5.41, 5.74) is 0. The van der Waals surface area contributed by atoms with E-state index in [0.717, 1.165) is 6.42 Å². The van der Waals surface area contributed by atoms with Gasteiger partial charge in [0.15, 0.2) is 5.82 Å². The number of likely N-dealkylation sites (N-methyl/N-ethyl adjacent to an activating group) is 1. The van der Waals surface area contributed by atoms with E-state index < -0.39 is 0 Å². The molecule has 1 unspecified atom stereocenters. The summed E-state index contributed by atoms with van der Waals surface area (Å²) in [6, 6.07) is 0.338. The number of nitrogens with one attached hydrogen (secondary N) is 1. The molecule has 1 N–H and O–H groups in total. The molecule has 0 bridgehead atoms. The topological polar surface area (TPSA) is 60.2 Å². The van der Waals surface area contributed by atoms with Crippen molar-refractivity contribution in [2.75, 3.05) is 13.7 Å². The van der Waals surface area contributed by atoms with Crippen LogP contribution in [0, 0.1) is 0 Å². The van der Waals surface area contributed by atoms with Gasteiger partial charge in [0.1, 0.15) is 6.61 Å². The summed E-state index contributed by atoms with van der Waals surface area (Å²) in [6.45, 7) is 6.44. The number of nitrogens with zero attached hydrogens (tertiary/aromatic N) is 2. The molecule has 0 radical (unpaired) electrons. The molecule has 92 valence electrons. The maximum absolute atomic E-state index is 5.18. The van der Waals surface area contributed by atoms with Crippen LogP contribution in [-0.4, -0.2) is 29.8 Å². The average molecular weight is 248 g/mol. The van der Waals surface area contributed by atoms with Gasteiger partial charge in [0.25, 0.3) is 5.89 Å². The maximum atomic E-state index is 5.18. The lowest BCUT2D eigenvalue weighted by Gasteiger charge is -2.04. The molecule has 16 heavy (non-hydrogen) atoms. The van der Waals surface area contributed by atoms with E-state index in [1.54, 1.807) is 6.08 Å². The van der Waals surface area contributed by atoms with Crippen molar-refractivity contribution < 1.29 is 9.26 Å². The van der Waals surface area contributed by atoms with Crippen LogP contribution in [-0.2, 0) is 17.8 Å². The van der Waals surface area contributed by atoms with Gasteiger partial charge in [-0.05, 0) is 14.0 Å². The molecule has 1 aromatic heterocycles. The quantitative estimate of drug-likeness (QED) is 0.582. The maximum Gasteiger partial charge on any atom is 0.252 e. The first-order chi connectivity index (χ1) is 7.26. The van der Waals surface area contributed by atoms with Gasteiger partial charge >= 0.3 is 0 Å². The number of halogens is 1. The van der Waals surface area contributed by atoms with Crippen molar-refractivity contribution in [2.45, 2.75) is 26.0 Å². The Labute approximate surface area is 102 Å². The molecule has 0 aliphatic carbocycles. The van der Waals surface area contributed by atoms with Crippen molar-refractivity contribution in [3.05, 3.63) is 24.4 Å². The molecular formula is C10H18ClN3O2. The van der Waals surface area contributed by atoms with Crippen LogP contribution < -0.4 is 5.32 Å². The van der Waals surface area contributed by atoms with E-state index >= 15 is 0 Å². The number of aromatic nitrogens is 2. The third kappa shape index (κ3) is 5.25. The number of hydrogen-bond acceptors (Lipinski definition) is 5. The second-order valence-corrected chi connectivity index (χ2v) is 3.30. The third-order valence-corrected chi connectivity index (χ3v) is 1.95. The predicted octanol–water partition coefficient (Wildman–Crippen LogP) is 1.34. The lowest BCUT2D eigenvalue weighted by molar-refractivity contribution is 0.121. The number of ether oxygens (including phenoxy) is 1. The van der Waals surface area contributed by atoms with Gasteiger partial charge in [-0.25, -0.2) is 0 Å². The zero-order valence-electron chi connectivity index (χ0n) is 9.60. The second-order valence-electron chi connectivity index (χ2n) is 3.30. The average Bonchev–Trinajstić information content (AvgIpc) is 2.66. The Kier molecular flexibility index (Phi) is 7.80. The van der Waals surface area contributed by atoms with E-state index in [1.165, 1.54) is 0 Å². The van der Waals surface area contributed by atoms with Crippen molar-refractivity contribution in [1.29, 1.82) is 0 Å². The van der Waals surface area contributed by atoms with Gasteiger partial charge in [-0.2, -0.15) is 4.98 Å². The molecule has 0 saturated heterocycles. The molecule has 1 atom stereocenters. The summed E-state index contributed by atoms with van der Waals surface area (Å²) in [7, 11) is 1.90. The molecule has 1 rings (SSSR count). The zero-order valence-corrected chi connectivity index (χ0v) is 10.4. The van der Waals surface area contributed by atoms with Gasteiger partial charge in [0.05, 0.1) is 6.61 Å². The Balaban J connectivity index is 0.00000225. The summed E-state index contributed by atoms with van der Waals surface area (Å²) in [5.74, 6) is 1.21. The van der Waals surface area contributed by atoms with Crippen LogP contribution in [0.25, 0.3) is 0 Å². The predicted molar refractivity (Wildman–Crippen MR) is 63.6 cm³/mol. The van der Waals surface area contributed by atoms with Crippen molar-refractivity contribution in [3.63, 3.8) is 0 Å². The summed E-state index contributed by atoms with van der Waals surface area (Å²) >= 11 is 0. The minimum atomic E-state index is 0. The summed E-state index contributed by atoms with van der Waals surface area (Å²) < 4.78 is 10.2. The van der Waals surface area contributed by atoms with Crippen molar-refractivity contribution in [3.8, 4) is 0 Å². The lowest BCUT2D eigenvalue weighted by atomic mass is 10.2. The van der Waals surface area contributed by atoms with Crippen molar-refractivity contribution in [2.24, 2.45) is 0 Å². The van der Waals surface area contributed by atoms with Crippen LogP contribution in [0.3, 0.4) is 0 Å². The first kappa shape index (κ1) is 15.1. The first-order valence-electron chi connectivity index (χ1n) is 4.93. The Morgan fingerprint density at radius 3 is 3.00 bits per heavy atom. The molecule has 0 fully saturated rings. The Morgan fingerprint density at radius 2 is 2.38 bits per heavy atom. The fraction of sp³-hybridized carbons (Fsp3) is 0.600. The van der Waals surface area contributed by atoms with Gasteiger partial charge in [-0.1, -0.05) is 11.2 Å². The Morgan fingerprint density at radius 1 is 1.62 bits per heavy atom. The van der Waals surface area contributed by atoms with Crippen molar-refractivity contribution >= 4 is 12.4 Å². The van der Waals surface area contributed by atoms with Gasteiger partial charge in [-0.3, -0.25) is 0 Å². The Hall–Kier alpha value is -0.910. The molecule has 1 heterocycles. The number of rotatable bonds is 7. The van der Waals surface area contributed by atoms with Crippen LogP contribution in [0.2, 0.25) is 0 Å². The highest BCUT2D eigenvalue weighted by Gasteiger charge is 2.08. The minimum absolute atomic E-state index is 0. The van der Waals surface area contributed by atoms with Crippen LogP contribution in [0.1, 0.15) is 18.6 Å². The minimum Gasteiger partial charge on any atom is -0.368 e. The standard InChI is InChI=1S/C10H17N3O2.ClH/c1-4-5-14-7-10-12-9(13-15-10)6-8(2)11-3;/h4,8,11H,1,5-7H2,2-3H3;1H. The molecule has 5 nitrogen and oxygen atoms in total. The zero-order chi connectivity index (χ0) is 11.1. The van der Waals surface area contributed by atoms with E-state index in [4.69, 9.17) is 9.26 Å². The first-order valence-corrected chi connectivity index (χ1v) is 4.93. The Bertz CT molecular complexity index is 304. The molecule has 0 aromatic carbocycles. The highest BCUT2D eigenvalue weighted by atomic mass is 35.5. The van der Waals surface area contributed by atoms with Crippen molar-refractivity contribution in [1.82, 2.24) is 15.5 Å². The molecular weight excluding hydrogens is 230 g/mol. The second kappa shape index (κ2) is 8.27. The normalized spacial score (nSPS) is 11.9. The highest BCUT2D eigenvalue weighted by molar-refractivity contribution is 5.85. The largest absolute Gasteiger partial charge is 0.368 e. The van der Waals surface area contributed by atoms with Crippen LogP contribution in [0.15, 0.2) is 17.2 Å². The number of hydrogen-bond donors (Lipinski definition) is 1. The summed E-state index contributed by atoms with van der Waals surface area (Å²) in [5, 5.41) is 6.96. The lowest BCUT2D eigenvalue weighted by Crippen LogP contribution is -2.24. The van der Waals surface area contributed by atoms with Gasteiger partial charge in [-0.15, -0.1) is 19.0 Å². The molecule has 6 heteroatoms. The summed E-state index contributed by atoms with van der Waals surface area (Å²) in [6.07, 6.45) is 2.43. The van der Waals surface area contributed by atoms with Crippen LogP contribution >= 0.6 is 12.4 Å². The van der Waals surface area contributed by atoms with Crippen LogP contribution in [0.4, 0.5) is 0 Å². The molecule has 0 saturated carbocycles. The fourth-order valence-corrected chi connectivity index (χ4v) is 1.04. The SMILES string of the molecule is C=CCOCc1nc(CC(C)NC)no1.Cl. The van der Waals surface area contributed by atoms with Gasteiger partial charge < -0.3 is 14.6 Å². The summed E-state index contributed by atoms with van der Waals surface area (Å²) in [4.78, 5) is 4.19. The van der Waals surface area contributed by atoms with E-state index in [9.17, 15) is 0 Å². The molecule has 0 spiro atoms. The third-order valence-electron chi connectivity index (χ3n) is 1.95. The van der Waals surface area contributed by atoms with Gasteiger partial charge in [0, 0.05) is 12.5 Å².